The Morgan fingerprint density at radius 1 is 1.13 bits per heavy atom. The standard InChI is InChI=1S/C24H28N2O5/c1-25-19-9-12-22(25)23(21(15-19)17-5-10-20(30-2)11-6-17)24(27)31-14-13-16-3-7-18(8-4-16)26(28)29/h3-8,10-11,19,21-23H,9,12-15H2,1-2H3/t19-,21+,22+,23-/m0/s1. The Kier molecular flexibility index (Phi) is 6.23. The minimum Gasteiger partial charge on any atom is -0.497 e. The van der Waals surface area contributed by atoms with Crippen molar-refractivity contribution in [3.63, 3.8) is 0 Å². The van der Waals surface area contributed by atoms with Crippen LogP contribution in [0.25, 0.3) is 0 Å². The maximum Gasteiger partial charge on any atom is 0.311 e. The van der Waals surface area contributed by atoms with Gasteiger partial charge in [0.25, 0.3) is 5.69 Å². The van der Waals surface area contributed by atoms with Crippen molar-refractivity contribution in [3.8, 4) is 5.75 Å². The number of benzene rings is 2. The molecule has 2 aliphatic heterocycles. The van der Waals surface area contributed by atoms with Gasteiger partial charge in [0.05, 0.1) is 24.6 Å². The first-order chi connectivity index (χ1) is 15.0. The van der Waals surface area contributed by atoms with Gasteiger partial charge < -0.3 is 9.47 Å². The van der Waals surface area contributed by atoms with Gasteiger partial charge in [0.15, 0.2) is 0 Å². The predicted molar refractivity (Wildman–Crippen MR) is 116 cm³/mol. The summed E-state index contributed by atoms with van der Waals surface area (Å²) in [6.45, 7) is 0.266. The molecule has 0 radical (unpaired) electrons. The number of carbonyl (C=O) groups is 1. The van der Waals surface area contributed by atoms with Gasteiger partial charge in [0, 0.05) is 36.6 Å². The molecule has 2 heterocycles. The van der Waals surface area contributed by atoms with E-state index in [1.54, 1.807) is 19.2 Å². The number of nitro benzene ring substituents is 1. The summed E-state index contributed by atoms with van der Waals surface area (Å²) in [5.74, 6) is 0.585. The average molecular weight is 424 g/mol. The van der Waals surface area contributed by atoms with Crippen LogP contribution < -0.4 is 4.74 Å². The van der Waals surface area contributed by atoms with Gasteiger partial charge in [-0.25, -0.2) is 0 Å². The molecule has 2 bridgehead atoms. The largest absolute Gasteiger partial charge is 0.497 e. The fourth-order valence-corrected chi connectivity index (χ4v) is 5.13. The van der Waals surface area contributed by atoms with Crippen LogP contribution in [0.3, 0.4) is 0 Å². The van der Waals surface area contributed by atoms with Crippen molar-refractivity contribution in [1.29, 1.82) is 0 Å². The molecule has 2 saturated heterocycles. The molecule has 4 atom stereocenters. The Hall–Kier alpha value is -2.93. The van der Waals surface area contributed by atoms with Crippen LogP contribution in [0, 0.1) is 16.0 Å². The average Bonchev–Trinajstić information content (AvgIpc) is 3.01. The Bertz CT molecular complexity index is 928. The number of hydrogen-bond acceptors (Lipinski definition) is 6. The van der Waals surface area contributed by atoms with Crippen LogP contribution in [-0.2, 0) is 16.0 Å². The first-order valence-corrected chi connectivity index (χ1v) is 10.7. The van der Waals surface area contributed by atoms with Crippen LogP contribution in [0.2, 0.25) is 0 Å². The highest BCUT2D eigenvalue weighted by molar-refractivity contribution is 5.75. The Morgan fingerprint density at radius 3 is 2.48 bits per heavy atom. The van der Waals surface area contributed by atoms with E-state index >= 15 is 0 Å². The van der Waals surface area contributed by atoms with Crippen LogP contribution in [0.1, 0.15) is 36.3 Å². The number of carbonyl (C=O) groups excluding carboxylic acids is 1. The molecular weight excluding hydrogens is 396 g/mol. The van der Waals surface area contributed by atoms with Crippen molar-refractivity contribution in [3.05, 3.63) is 69.8 Å². The number of nitro groups is 1. The number of non-ortho nitro benzene ring substituents is 1. The molecule has 2 fully saturated rings. The molecule has 0 amide bonds. The number of piperidine rings is 1. The van der Waals surface area contributed by atoms with Crippen molar-refractivity contribution < 1.29 is 19.2 Å². The van der Waals surface area contributed by atoms with E-state index in [-0.39, 0.29) is 36.1 Å². The fourth-order valence-electron chi connectivity index (χ4n) is 5.13. The van der Waals surface area contributed by atoms with Crippen molar-refractivity contribution in [2.45, 2.75) is 43.7 Å². The molecule has 7 heteroatoms. The first-order valence-electron chi connectivity index (χ1n) is 10.7. The molecular formula is C24H28N2O5. The summed E-state index contributed by atoms with van der Waals surface area (Å²) >= 11 is 0. The summed E-state index contributed by atoms with van der Waals surface area (Å²) in [6.07, 6.45) is 3.60. The quantitative estimate of drug-likeness (QED) is 0.380. The predicted octanol–water partition coefficient (Wildman–Crippen LogP) is 3.96. The van der Waals surface area contributed by atoms with E-state index in [0.717, 1.165) is 36.1 Å². The third-order valence-corrected chi connectivity index (χ3v) is 6.87. The lowest BCUT2D eigenvalue weighted by molar-refractivity contribution is -0.384. The molecule has 7 nitrogen and oxygen atoms in total. The second kappa shape index (κ2) is 9.06. The van der Waals surface area contributed by atoms with Gasteiger partial charge in [-0.3, -0.25) is 19.8 Å². The zero-order chi connectivity index (χ0) is 22.0. The van der Waals surface area contributed by atoms with Crippen LogP contribution in [0.4, 0.5) is 5.69 Å². The van der Waals surface area contributed by atoms with Crippen molar-refractivity contribution >= 4 is 11.7 Å². The molecule has 0 aromatic heterocycles. The van der Waals surface area contributed by atoms with Gasteiger partial charge in [0.1, 0.15) is 5.75 Å². The van der Waals surface area contributed by atoms with Gasteiger partial charge in [-0.2, -0.15) is 0 Å². The fraction of sp³-hybridized carbons (Fsp3) is 0.458. The molecule has 164 valence electrons. The Balaban J connectivity index is 1.44. The topological polar surface area (TPSA) is 81.9 Å². The van der Waals surface area contributed by atoms with Crippen LogP contribution in [0.5, 0.6) is 5.75 Å². The summed E-state index contributed by atoms with van der Waals surface area (Å²) in [5.41, 5.74) is 2.12. The first kappa shape index (κ1) is 21.3. The molecule has 2 aromatic rings. The molecule has 0 spiro atoms. The lowest BCUT2D eigenvalue weighted by atomic mass is 9.76. The number of ether oxygens (including phenoxy) is 2. The number of rotatable bonds is 7. The van der Waals surface area contributed by atoms with E-state index in [1.165, 1.54) is 12.1 Å². The second-order valence-electron chi connectivity index (χ2n) is 8.45. The smallest absolute Gasteiger partial charge is 0.311 e. The molecule has 2 aliphatic rings. The summed E-state index contributed by atoms with van der Waals surface area (Å²) < 4.78 is 11.0. The zero-order valence-electron chi connectivity index (χ0n) is 17.9. The zero-order valence-corrected chi connectivity index (χ0v) is 17.9. The lowest BCUT2D eigenvalue weighted by Gasteiger charge is -2.42. The number of methoxy groups -OCH3 is 1. The minimum atomic E-state index is -0.419. The third-order valence-electron chi connectivity index (χ3n) is 6.87. The number of esters is 1. The van der Waals surface area contributed by atoms with Gasteiger partial charge in [-0.1, -0.05) is 24.3 Å². The lowest BCUT2D eigenvalue weighted by Crippen LogP contribution is -2.49. The van der Waals surface area contributed by atoms with E-state index in [0.29, 0.717) is 12.5 Å². The van der Waals surface area contributed by atoms with E-state index in [1.807, 2.05) is 12.1 Å². The van der Waals surface area contributed by atoms with Gasteiger partial charge in [-0.15, -0.1) is 0 Å². The summed E-state index contributed by atoms with van der Waals surface area (Å²) in [6, 6.07) is 15.1. The molecule has 31 heavy (non-hydrogen) atoms. The SMILES string of the molecule is COc1ccc([C@H]2C[C@@H]3CC[C@H]([C@H]2C(=O)OCCc2ccc([N+](=O)[O-])cc2)N3C)cc1. The molecule has 0 unspecified atom stereocenters. The van der Waals surface area contributed by atoms with Crippen LogP contribution >= 0.6 is 0 Å². The van der Waals surface area contributed by atoms with Crippen molar-refractivity contribution in [1.82, 2.24) is 4.90 Å². The van der Waals surface area contributed by atoms with Crippen molar-refractivity contribution in [2.24, 2.45) is 5.92 Å². The van der Waals surface area contributed by atoms with Crippen LogP contribution in [0.15, 0.2) is 48.5 Å². The highest BCUT2D eigenvalue weighted by Gasteiger charge is 2.49. The third kappa shape index (κ3) is 4.42. The van der Waals surface area contributed by atoms with E-state index in [4.69, 9.17) is 9.47 Å². The second-order valence-corrected chi connectivity index (χ2v) is 8.45. The van der Waals surface area contributed by atoms with Crippen molar-refractivity contribution in [2.75, 3.05) is 20.8 Å². The number of hydrogen-bond donors (Lipinski definition) is 0. The normalized spacial score (nSPS) is 25.2. The number of fused-ring (bicyclic) bond motifs is 2. The molecule has 4 rings (SSSR count). The molecule has 2 aromatic carbocycles. The van der Waals surface area contributed by atoms with Gasteiger partial charge in [-0.05, 0) is 49.6 Å². The summed E-state index contributed by atoms with van der Waals surface area (Å²) in [5, 5.41) is 10.8. The van der Waals surface area contributed by atoms with E-state index < -0.39 is 4.92 Å². The maximum absolute atomic E-state index is 13.2. The number of nitrogens with zero attached hydrogens (tertiary/aromatic N) is 2. The van der Waals surface area contributed by atoms with Crippen LogP contribution in [-0.4, -0.2) is 48.6 Å². The monoisotopic (exact) mass is 424 g/mol. The molecule has 0 aliphatic carbocycles. The summed E-state index contributed by atoms with van der Waals surface area (Å²) in [4.78, 5) is 25.9. The Morgan fingerprint density at radius 2 is 1.84 bits per heavy atom. The van der Waals surface area contributed by atoms with Gasteiger partial charge in [0.2, 0.25) is 0 Å². The Labute approximate surface area is 182 Å². The van der Waals surface area contributed by atoms with Gasteiger partial charge >= 0.3 is 5.97 Å². The van der Waals surface area contributed by atoms with E-state index in [2.05, 4.69) is 24.1 Å². The minimum absolute atomic E-state index is 0.0594. The molecule has 0 N–H and O–H groups in total. The summed E-state index contributed by atoms with van der Waals surface area (Å²) in [7, 11) is 3.76. The highest BCUT2D eigenvalue weighted by atomic mass is 16.6. The maximum atomic E-state index is 13.2. The highest BCUT2D eigenvalue weighted by Crippen LogP contribution is 2.46. The van der Waals surface area contributed by atoms with E-state index in [9.17, 15) is 14.9 Å². The molecule has 0 saturated carbocycles.